The van der Waals surface area contributed by atoms with Gasteiger partial charge in [0.15, 0.2) is 0 Å². The molecule has 0 unspecified atom stereocenters. The van der Waals surface area contributed by atoms with Crippen molar-refractivity contribution in [2.45, 2.75) is 84.3 Å². The molecule has 9 atom stereocenters. The first-order valence-electron chi connectivity index (χ1n) is 15.0. The Bertz CT molecular complexity index is 1170. The molecule has 2 aromatic rings. The molecule has 4 aliphatic carbocycles. The van der Waals surface area contributed by atoms with Crippen molar-refractivity contribution in [2.75, 3.05) is 0 Å². The second-order valence-electron chi connectivity index (χ2n) is 13.3. The van der Waals surface area contributed by atoms with Crippen molar-refractivity contribution < 1.29 is 14.6 Å². The van der Waals surface area contributed by atoms with Gasteiger partial charge in [0.25, 0.3) is 0 Å². The standard InChI is InChI=1S/C35H44O3/c1-23(32(36)24-10-6-4-7-11-24)29-16-17-30-28-15-14-26-22-27(38-33(37)25-12-8-5-9-13-25)18-20-34(26,2)31(28)19-21-35(29,30)3/h4-14,23,27-32,36H,15-22H2,1-3H3/t23-,27-,28-,29+,30-,31-,32-,34-,35+/m0/s1. The van der Waals surface area contributed by atoms with Gasteiger partial charge in [-0.15, -0.1) is 0 Å². The Hall–Kier alpha value is -2.39. The number of carbonyl (C=O) groups excluding carboxylic acids is 1. The van der Waals surface area contributed by atoms with E-state index in [1.165, 1.54) is 25.7 Å². The molecule has 6 rings (SSSR count). The van der Waals surface area contributed by atoms with Crippen molar-refractivity contribution in [3.63, 3.8) is 0 Å². The molecule has 0 spiro atoms. The van der Waals surface area contributed by atoms with Gasteiger partial charge in [-0.1, -0.05) is 81.0 Å². The fourth-order valence-electron chi connectivity index (χ4n) is 9.60. The minimum Gasteiger partial charge on any atom is -0.458 e. The Morgan fingerprint density at radius 2 is 1.63 bits per heavy atom. The highest BCUT2D eigenvalue weighted by molar-refractivity contribution is 5.89. The highest BCUT2D eigenvalue weighted by Crippen LogP contribution is 2.67. The Labute approximate surface area is 228 Å². The first-order chi connectivity index (χ1) is 18.3. The van der Waals surface area contributed by atoms with Crippen LogP contribution in [0.3, 0.4) is 0 Å². The fourth-order valence-corrected chi connectivity index (χ4v) is 9.60. The van der Waals surface area contributed by atoms with E-state index in [0.29, 0.717) is 16.9 Å². The molecule has 202 valence electrons. The minimum absolute atomic E-state index is 0.0105. The van der Waals surface area contributed by atoms with Gasteiger partial charge in [0.05, 0.1) is 11.7 Å². The van der Waals surface area contributed by atoms with E-state index < -0.39 is 6.10 Å². The lowest BCUT2D eigenvalue weighted by atomic mass is 9.47. The average molecular weight is 513 g/mol. The number of hydrogen-bond acceptors (Lipinski definition) is 3. The van der Waals surface area contributed by atoms with Gasteiger partial charge in [-0.05, 0) is 103 Å². The van der Waals surface area contributed by atoms with Crippen LogP contribution in [0.2, 0.25) is 0 Å². The zero-order valence-electron chi connectivity index (χ0n) is 23.3. The summed E-state index contributed by atoms with van der Waals surface area (Å²) in [7, 11) is 0. The van der Waals surface area contributed by atoms with Crippen LogP contribution < -0.4 is 0 Å². The van der Waals surface area contributed by atoms with E-state index >= 15 is 0 Å². The molecule has 3 fully saturated rings. The van der Waals surface area contributed by atoms with Crippen molar-refractivity contribution in [3.8, 4) is 0 Å². The molecule has 2 aromatic carbocycles. The van der Waals surface area contributed by atoms with Crippen molar-refractivity contribution in [2.24, 2.45) is 40.4 Å². The maximum Gasteiger partial charge on any atom is 0.338 e. The molecule has 0 bridgehead atoms. The minimum atomic E-state index is -0.390. The second-order valence-corrected chi connectivity index (χ2v) is 13.3. The van der Waals surface area contributed by atoms with Crippen molar-refractivity contribution in [1.82, 2.24) is 0 Å². The molecule has 0 heterocycles. The number of aliphatic hydroxyl groups excluding tert-OH is 1. The van der Waals surface area contributed by atoms with E-state index in [9.17, 15) is 9.90 Å². The van der Waals surface area contributed by atoms with Gasteiger partial charge in [0.1, 0.15) is 6.10 Å². The van der Waals surface area contributed by atoms with E-state index in [1.807, 2.05) is 48.5 Å². The SMILES string of the molecule is C[C@H]([C@H](O)c1ccccc1)[C@H]1CC[C@H]2[C@@H]3CC=C4C[C@@H](OC(=O)c5ccccc5)CC[C@]4(C)[C@H]3CC[C@]12C. The highest BCUT2D eigenvalue weighted by Gasteiger charge is 2.59. The molecule has 0 saturated heterocycles. The molecule has 0 aliphatic heterocycles. The van der Waals surface area contributed by atoms with E-state index in [0.717, 1.165) is 49.0 Å². The van der Waals surface area contributed by atoms with Gasteiger partial charge in [-0.3, -0.25) is 0 Å². The van der Waals surface area contributed by atoms with E-state index in [-0.39, 0.29) is 23.4 Å². The maximum atomic E-state index is 12.7. The summed E-state index contributed by atoms with van der Waals surface area (Å²) in [6.45, 7) is 7.36. The van der Waals surface area contributed by atoms with Crippen LogP contribution in [0.15, 0.2) is 72.3 Å². The third-order valence-electron chi connectivity index (χ3n) is 11.7. The lowest BCUT2D eigenvalue weighted by Gasteiger charge is -2.58. The number of benzene rings is 2. The van der Waals surface area contributed by atoms with E-state index in [1.54, 1.807) is 5.57 Å². The fraction of sp³-hybridized carbons (Fsp3) is 0.571. The van der Waals surface area contributed by atoms with Crippen molar-refractivity contribution in [3.05, 3.63) is 83.4 Å². The van der Waals surface area contributed by atoms with Crippen LogP contribution in [-0.2, 0) is 4.74 Å². The Morgan fingerprint density at radius 3 is 2.37 bits per heavy atom. The smallest absolute Gasteiger partial charge is 0.338 e. The third-order valence-corrected chi connectivity index (χ3v) is 11.7. The summed E-state index contributed by atoms with van der Waals surface area (Å²) in [6.07, 6.45) is 11.4. The lowest BCUT2D eigenvalue weighted by Crippen LogP contribution is -2.51. The number of esters is 1. The molecule has 3 heteroatoms. The van der Waals surface area contributed by atoms with Crippen LogP contribution in [0.1, 0.15) is 94.2 Å². The van der Waals surface area contributed by atoms with Crippen LogP contribution >= 0.6 is 0 Å². The summed E-state index contributed by atoms with van der Waals surface area (Å²) in [4.78, 5) is 12.7. The first-order valence-corrected chi connectivity index (χ1v) is 15.0. The predicted octanol–water partition coefficient (Wildman–Crippen LogP) is 8.16. The van der Waals surface area contributed by atoms with Crippen LogP contribution in [0, 0.1) is 40.4 Å². The number of allylic oxidation sites excluding steroid dienone is 1. The zero-order valence-corrected chi connectivity index (χ0v) is 23.3. The summed E-state index contributed by atoms with van der Waals surface area (Å²) in [5.41, 5.74) is 3.78. The molecule has 3 saturated carbocycles. The number of carbonyl (C=O) groups is 1. The molecule has 3 nitrogen and oxygen atoms in total. The topological polar surface area (TPSA) is 46.5 Å². The molecule has 38 heavy (non-hydrogen) atoms. The lowest BCUT2D eigenvalue weighted by molar-refractivity contribution is -0.0690. The third kappa shape index (κ3) is 4.26. The van der Waals surface area contributed by atoms with Gasteiger partial charge in [-0.2, -0.15) is 0 Å². The van der Waals surface area contributed by atoms with Crippen LogP contribution in [0.4, 0.5) is 0 Å². The van der Waals surface area contributed by atoms with Gasteiger partial charge >= 0.3 is 5.97 Å². The maximum absolute atomic E-state index is 12.7. The normalized spacial score (nSPS) is 37.7. The summed E-state index contributed by atoms with van der Waals surface area (Å²) >= 11 is 0. The Balaban J connectivity index is 1.17. The van der Waals surface area contributed by atoms with Gasteiger partial charge < -0.3 is 9.84 Å². The number of aliphatic hydroxyl groups is 1. The second kappa shape index (κ2) is 9.97. The Morgan fingerprint density at radius 1 is 0.921 bits per heavy atom. The average Bonchev–Trinajstić information content (AvgIpc) is 3.30. The van der Waals surface area contributed by atoms with Gasteiger partial charge in [-0.25, -0.2) is 4.79 Å². The van der Waals surface area contributed by atoms with E-state index in [2.05, 4.69) is 39.0 Å². The molecular formula is C35H44O3. The number of rotatable bonds is 5. The summed E-state index contributed by atoms with van der Waals surface area (Å²) in [5, 5.41) is 11.3. The number of hydrogen-bond donors (Lipinski definition) is 1. The van der Waals surface area contributed by atoms with E-state index in [4.69, 9.17) is 4.74 Å². The first kappa shape index (κ1) is 25.9. The highest BCUT2D eigenvalue weighted by atomic mass is 16.5. The van der Waals surface area contributed by atoms with Crippen LogP contribution in [-0.4, -0.2) is 17.2 Å². The largest absolute Gasteiger partial charge is 0.458 e. The van der Waals surface area contributed by atoms with Crippen LogP contribution in [0.25, 0.3) is 0 Å². The summed E-state index contributed by atoms with van der Waals surface area (Å²) in [5.74, 6) is 2.83. The van der Waals surface area contributed by atoms with Gasteiger partial charge in [0.2, 0.25) is 0 Å². The number of fused-ring (bicyclic) bond motifs is 5. The molecular weight excluding hydrogens is 468 g/mol. The summed E-state index contributed by atoms with van der Waals surface area (Å²) in [6, 6.07) is 19.7. The molecule has 0 radical (unpaired) electrons. The van der Waals surface area contributed by atoms with Crippen molar-refractivity contribution >= 4 is 5.97 Å². The predicted molar refractivity (Wildman–Crippen MR) is 151 cm³/mol. The van der Waals surface area contributed by atoms with Crippen LogP contribution in [0.5, 0.6) is 0 Å². The molecule has 0 aromatic heterocycles. The number of ether oxygens (including phenoxy) is 1. The zero-order chi connectivity index (χ0) is 26.5. The monoisotopic (exact) mass is 512 g/mol. The molecule has 1 N–H and O–H groups in total. The molecule has 0 amide bonds. The molecule has 4 aliphatic rings. The van der Waals surface area contributed by atoms with Crippen molar-refractivity contribution in [1.29, 1.82) is 0 Å². The quantitative estimate of drug-likeness (QED) is 0.325. The van der Waals surface area contributed by atoms with Gasteiger partial charge in [0, 0.05) is 6.42 Å². The summed E-state index contributed by atoms with van der Waals surface area (Å²) < 4.78 is 5.99. The Kier molecular flexibility index (Phi) is 6.79.